The number of aliphatic hydroxyl groups is 1. The van der Waals surface area contributed by atoms with E-state index in [9.17, 15) is 9.90 Å². The van der Waals surface area contributed by atoms with Crippen LogP contribution in [0.4, 0.5) is 4.79 Å². The molecular weight excluding hydrogens is 228 g/mol. The first-order chi connectivity index (χ1) is 8.76. The van der Waals surface area contributed by atoms with Crippen LogP contribution in [-0.2, 0) is 6.42 Å². The molecule has 0 fully saturated rings. The van der Waals surface area contributed by atoms with Crippen molar-refractivity contribution in [3.63, 3.8) is 0 Å². The molecule has 0 aliphatic rings. The molecule has 96 valence electrons. The fourth-order valence-electron chi connectivity index (χ4n) is 1.51. The van der Waals surface area contributed by atoms with E-state index in [-0.39, 0.29) is 18.7 Å². The zero-order valence-corrected chi connectivity index (χ0v) is 10.4. The number of hydrogen-bond acceptors (Lipinski definition) is 2. The van der Waals surface area contributed by atoms with Crippen LogP contribution in [0.15, 0.2) is 30.3 Å². The number of aliphatic hydroxyl groups excluding tert-OH is 1. The highest BCUT2D eigenvalue weighted by molar-refractivity contribution is 5.74. The minimum Gasteiger partial charge on any atom is -0.394 e. The number of carbonyl (C=O) groups is 1. The highest BCUT2D eigenvalue weighted by atomic mass is 16.3. The second-order valence-corrected chi connectivity index (χ2v) is 3.82. The molecule has 0 saturated carbocycles. The summed E-state index contributed by atoms with van der Waals surface area (Å²) in [4.78, 5) is 11.5. The van der Waals surface area contributed by atoms with Gasteiger partial charge in [-0.15, -0.1) is 5.92 Å². The number of carbonyl (C=O) groups excluding carboxylic acids is 1. The summed E-state index contributed by atoms with van der Waals surface area (Å²) in [6.45, 7) is 1.93. The van der Waals surface area contributed by atoms with Crippen LogP contribution in [0, 0.1) is 11.8 Å². The average molecular weight is 246 g/mol. The molecular formula is C14H18N2O2. The molecule has 0 bridgehead atoms. The largest absolute Gasteiger partial charge is 0.394 e. The van der Waals surface area contributed by atoms with E-state index < -0.39 is 0 Å². The highest BCUT2D eigenvalue weighted by Crippen LogP contribution is 2.02. The molecule has 0 aliphatic carbocycles. The molecule has 0 saturated heterocycles. The zero-order chi connectivity index (χ0) is 13.2. The molecule has 0 heterocycles. The van der Waals surface area contributed by atoms with E-state index in [0.717, 1.165) is 5.56 Å². The van der Waals surface area contributed by atoms with Crippen LogP contribution in [0.3, 0.4) is 0 Å². The monoisotopic (exact) mass is 246 g/mol. The fraction of sp³-hybridized carbons (Fsp3) is 0.357. The molecule has 4 nitrogen and oxygen atoms in total. The average Bonchev–Trinajstić information content (AvgIpc) is 2.39. The molecule has 0 aliphatic heterocycles. The summed E-state index contributed by atoms with van der Waals surface area (Å²) in [6.07, 6.45) is 0.601. The third-order valence-electron chi connectivity index (χ3n) is 2.39. The third kappa shape index (κ3) is 5.37. The lowest BCUT2D eigenvalue weighted by Gasteiger charge is -2.16. The van der Waals surface area contributed by atoms with Crippen molar-refractivity contribution >= 4 is 6.03 Å². The van der Waals surface area contributed by atoms with Gasteiger partial charge in [0.15, 0.2) is 0 Å². The van der Waals surface area contributed by atoms with Crippen LogP contribution in [0.2, 0.25) is 0 Å². The summed E-state index contributed by atoms with van der Waals surface area (Å²) in [7, 11) is 0. The van der Waals surface area contributed by atoms with Gasteiger partial charge in [-0.25, -0.2) is 4.79 Å². The lowest BCUT2D eigenvalue weighted by atomic mass is 10.1. The molecule has 0 radical (unpaired) electrons. The van der Waals surface area contributed by atoms with Crippen molar-refractivity contribution < 1.29 is 9.90 Å². The summed E-state index contributed by atoms with van der Waals surface area (Å²) in [5.74, 6) is 5.42. The summed E-state index contributed by atoms with van der Waals surface area (Å²) in [5.41, 5.74) is 1.07. The second kappa shape index (κ2) is 8.15. The Bertz CT molecular complexity index is 420. The van der Waals surface area contributed by atoms with Crippen molar-refractivity contribution in [3.05, 3.63) is 35.9 Å². The number of urea groups is 1. The van der Waals surface area contributed by atoms with Gasteiger partial charge in [0.1, 0.15) is 0 Å². The summed E-state index contributed by atoms with van der Waals surface area (Å²) >= 11 is 0. The quantitative estimate of drug-likeness (QED) is 0.676. The summed E-state index contributed by atoms with van der Waals surface area (Å²) < 4.78 is 0. The minimum absolute atomic E-state index is 0.0955. The fourth-order valence-corrected chi connectivity index (χ4v) is 1.51. The van der Waals surface area contributed by atoms with Crippen molar-refractivity contribution in [3.8, 4) is 11.8 Å². The van der Waals surface area contributed by atoms with Crippen molar-refractivity contribution in [1.29, 1.82) is 0 Å². The van der Waals surface area contributed by atoms with Crippen molar-refractivity contribution in [2.24, 2.45) is 0 Å². The Morgan fingerprint density at radius 1 is 1.39 bits per heavy atom. The number of rotatable bonds is 5. The SMILES string of the molecule is CC#CCNC(=O)N[C@@H](CO)Cc1ccccc1. The Hall–Kier alpha value is -1.99. The normalized spacial score (nSPS) is 11.0. The lowest BCUT2D eigenvalue weighted by Crippen LogP contribution is -2.45. The maximum absolute atomic E-state index is 11.5. The molecule has 1 aromatic rings. The molecule has 0 aromatic heterocycles. The predicted octanol–water partition coefficient (Wildman–Crippen LogP) is 0.912. The van der Waals surface area contributed by atoms with Crippen LogP contribution >= 0.6 is 0 Å². The first-order valence-electron chi connectivity index (χ1n) is 5.85. The van der Waals surface area contributed by atoms with Gasteiger partial charge in [0.2, 0.25) is 0 Å². The molecule has 1 rings (SSSR count). The van der Waals surface area contributed by atoms with Crippen molar-refractivity contribution in [2.45, 2.75) is 19.4 Å². The van der Waals surface area contributed by atoms with E-state index in [1.165, 1.54) is 0 Å². The Kier molecular flexibility index (Phi) is 6.37. The molecule has 1 aromatic carbocycles. The second-order valence-electron chi connectivity index (χ2n) is 3.82. The van der Waals surface area contributed by atoms with Crippen LogP contribution in [0.5, 0.6) is 0 Å². The molecule has 2 amide bonds. The van der Waals surface area contributed by atoms with Crippen molar-refractivity contribution in [2.75, 3.05) is 13.2 Å². The first-order valence-corrected chi connectivity index (χ1v) is 5.85. The Labute approximate surface area is 107 Å². The third-order valence-corrected chi connectivity index (χ3v) is 2.39. The van der Waals surface area contributed by atoms with E-state index in [2.05, 4.69) is 22.5 Å². The van der Waals surface area contributed by atoms with Gasteiger partial charge < -0.3 is 15.7 Å². The molecule has 3 N–H and O–H groups in total. The highest BCUT2D eigenvalue weighted by Gasteiger charge is 2.11. The van der Waals surface area contributed by atoms with Gasteiger partial charge in [-0.05, 0) is 18.9 Å². The molecule has 4 heteroatoms. The Balaban J connectivity index is 2.41. The van der Waals surface area contributed by atoms with Gasteiger partial charge in [0, 0.05) is 0 Å². The Morgan fingerprint density at radius 3 is 2.72 bits per heavy atom. The van der Waals surface area contributed by atoms with E-state index >= 15 is 0 Å². The van der Waals surface area contributed by atoms with Gasteiger partial charge in [-0.2, -0.15) is 0 Å². The van der Waals surface area contributed by atoms with E-state index in [4.69, 9.17) is 0 Å². The minimum atomic E-state index is -0.312. The standard InChI is InChI=1S/C14H18N2O2/c1-2-3-9-15-14(18)16-13(11-17)10-12-7-5-4-6-8-12/h4-8,13,17H,9-11H2,1H3,(H2,15,16,18)/t13-/m1/s1. The topological polar surface area (TPSA) is 61.4 Å². The van der Waals surface area contributed by atoms with Crippen molar-refractivity contribution in [1.82, 2.24) is 10.6 Å². The smallest absolute Gasteiger partial charge is 0.315 e. The van der Waals surface area contributed by atoms with Crippen LogP contribution < -0.4 is 10.6 Å². The van der Waals surface area contributed by atoms with Gasteiger partial charge in [-0.1, -0.05) is 36.3 Å². The van der Waals surface area contributed by atoms with Gasteiger partial charge in [0.05, 0.1) is 19.2 Å². The molecule has 18 heavy (non-hydrogen) atoms. The molecule has 1 atom stereocenters. The number of hydrogen-bond donors (Lipinski definition) is 3. The molecule has 0 spiro atoms. The Morgan fingerprint density at radius 2 is 2.11 bits per heavy atom. The van der Waals surface area contributed by atoms with E-state index in [1.807, 2.05) is 30.3 Å². The summed E-state index contributed by atoms with van der Waals surface area (Å²) in [5, 5.41) is 14.5. The van der Waals surface area contributed by atoms with E-state index in [0.29, 0.717) is 13.0 Å². The maximum Gasteiger partial charge on any atom is 0.315 e. The number of nitrogens with one attached hydrogen (secondary N) is 2. The maximum atomic E-state index is 11.5. The van der Waals surface area contributed by atoms with Crippen LogP contribution in [0.1, 0.15) is 12.5 Å². The summed E-state index contributed by atoms with van der Waals surface area (Å²) in [6, 6.07) is 9.12. The van der Waals surface area contributed by atoms with Crippen LogP contribution in [-0.4, -0.2) is 30.3 Å². The lowest BCUT2D eigenvalue weighted by molar-refractivity contribution is 0.216. The van der Waals surface area contributed by atoms with Gasteiger partial charge in [-0.3, -0.25) is 0 Å². The number of benzene rings is 1. The van der Waals surface area contributed by atoms with Crippen LogP contribution in [0.25, 0.3) is 0 Å². The molecule has 0 unspecified atom stereocenters. The van der Waals surface area contributed by atoms with E-state index in [1.54, 1.807) is 6.92 Å². The predicted molar refractivity (Wildman–Crippen MR) is 71.0 cm³/mol. The zero-order valence-electron chi connectivity index (χ0n) is 10.4. The first kappa shape index (κ1) is 14.1. The van der Waals surface area contributed by atoms with Gasteiger partial charge in [0.25, 0.3) is 0 Å². The number of amides is 2. The van der Waals surface area contributed by atoms with Gasteiger partial charge >= 0.3 is 6.03 Å².